The molecule has 3 aromatic rings. The van der Waals surface area contributed by atoms with Crippen LogP contribution in [-0.2, 0) is 24.0 Å². The molecule has 0 saturated carbocycles. The maximum atomic E-state index is 14.6. The van der Waals surface area contributed by atoms with Crippen LogP contribution in [0.1, 0.15) is 56.1 Å². The van der Waals surface area contributed by atoms with E-state index in [9.17, 15) is 27.2 Å². The van der Waals surface area contributed by atoms with Gasteiger partial charge in [-0.05, 0) is 43.7 Å². The molecule has 2 aromatic carbocycles. The molecule has 1 aromatic heterocycles. The molecular formula is C25H24F4N4O3. The van der Waals surface area contributed by atoms with Crippen molar-refractivity contribution in [2.24, 2.45) is 0 Å². The average molecular weight is 504 g/mol. The number of hydrogen-bond acceptors (Lipinski definition) is 5. The first-order valence-corrected chi connectivity index (χ1v) is 11.2. The summed E-state index contributed by atoms with van der Waals surface area (Å²) in [7, 11) is 1.19. The molecular weight excluding hydrogens is 480 g/mol. The predicted molar refractivity (Wildman–Crippen MR) is 123 cm³/mol. The van der Waals surface area contributed by atoms with E-state index in [0.717, 1.165) is 18.2 Å². The van der Waals surface area contributed by atoms with Crippen molar-refractivity contribution in [3.63, 3.8) is 0 Å². The number of methoxy groups -OCH3 is 1. The Hall–Kier alpha value is -3.89. The predicted octanol–water partition coefficient (Wildman–Crippen LogP) is 4.65. The second kappa shape index (κ2) is 9.63. The highest BCUT2D eigenvalue weighted by molar-refractivity contribution is 6.00. The van der Waals surface area contributed by atoms with E-state index in [2.05, 4.69) is 15.2 Å². The Balaban J connectivity index is 1.56. The van der Waals surface area contributed by atoms with Gasteiger partial charge in [-0.1, -0.05) is 18.2 Å². The summed E-state index contributed by atoms with van der Waals surface area (Å²) in [4.78, 5) is 26.7. The molecule has 11 heteroatoms. The smallest absolute Gasteiger partial charge is 0.416 e. The Morgan fingerprint density at radius 2 is 1.92 bits per heavy atom. The lowest BCUT2D eigenvalue weighted by atomic mass is 10.0. The van der Waals surface area contributed by atoms with Gasteiger partial charge in [-0.3, -0.25) is 4.79 Å². The average Bonchev–Trinajstić information content (AvgIpc) is 3.35. The summed E-state index contributed by atoms with van der Waals surface area (Å²) in [6, 6.07) is 8.18. The van der Waals surface area contributed by atoms with Crippen molar-refractivity contribution < 1.29 is 31.9 Å². The Labute approximate surface area is 204 Å². The number of rotatable bonds is 6. The fourth-order valence-electron chi connectivity index (χ4n) is 4.32. The van der Waals surface area contributed by atoms with Crippen LogP contribution in [0.3, 0.4) is 0 Å². The van der Waals surface area contributed by atoms with Crippen LogP contribution in [0, 0.1) is 12.7 Å². The van der Waals surface area contributed by atoms with Gasteiger partial charge in [-0.25, -0.2) is 13.9 Å². The van der Waals surface area contributed by atoms with Crippen LogP contribution in [0.15, 0.2) is 42.5 Å². The molecule has 2 heterocycles. The zero-order valence-electron chi connectivity index (χ0n) is 19.8. The third kappa shape index (κ3) is 4.91. The SMILES string of the molecule is COC(=O)c1ccc([C@H](C)NC(=O)c2c(C)nn3c2N(Cc2cccc(C(F)(F)F)c2)CC3)c(F)c1. The number of nitrogens with zero attached hydrogens (tertiary/aromatic N) is 3. The van der Waals surface area contributed by atoms with Crippen LogP contribution in [-0.4, -0.2) is 35.3 Å². The van der Waals surface area contributed by atoms with Crippen molar-refractivity contribution in [1.82, 2.24) is 15.1 Å². The van der Waals surface area contributed by atoms with Gasteiger partial charge in [0.25, 0.3) is 5.91 Å². The van der Waals surface area contributed by atoms with E-state index < -0.39 is 35.5 Å². The number of carbonyl (C=O) groups excluding carboxylic acids is 2. The van der Waals surface area contributed by atoms with Crippen molar-refractivity contribution in [2.75, 3.05) is 18.6 Å². The van der Waals surface area contributed by atoms with Gasteiger partial charge < -0.3 is 15.0 Å². The van der Waals surface area contributed by atoms with E-state index in [0.29, 0.717) is 30.2 Å². The number of hydrogen-bond donors (Lipinski definition) is 1. The number of benzene rings is 2. The molecule has 1 atom stereocenters. The molecule has 190 valence electrons. The summed E-state index contributed by atoms with van der Waals surface area (Å²) in [5.41, 5.74) is 0.662. The molecule has 0 unspecified atom stereocenters. The van der Waals surface area contributed by atoms with E-state index in [1.54, 1.807) is 29.5 Å². The number of amides is 1. The number of alkyl halides is 3. The number of nitrogens with one attached hydrogen (secondary N) is 1. The standard InChI is InChI=1S/C25H24F4N4O3/c1-14(19-8-7-17(12-20(19)26)24(35)36-3)30-22(34)21-15(2)31-33-10-9-32(23(21)33)13-16-5-4-6-18(11-16)25(27,28)29/h4-8,11-12,14H,9-10,13H2,1-3H3,(H,30,34)/t14-/m0/s1. The van der Waals surface area contributed by atoms with Crippen LogP contribution in [0.2, 0.25) is 0 Å². The number of fused-ring (bicyclic) bond motifs is 1. The molecule has 4 rings (SSSR count). The molecule has 1 amide bonds. The minimum absolute atomic E-state index is 0.0489. The molecule has 0 spiro atoms. The highest BCUT2D eigenvalue weighted by atomic mass is 19.4. The third-order valence-corrected chi connectivity index (χ3v) is 6.07. The zero-order chi connectivity index (χ0) is 26.2. The van der Waals surface area contributed by atoms with Gasteiger partial charge in [0.15, 0.2) is 0 Å². The lowest BCUT2D eigenvalue weighted by molar-refractivity contribution is -0.137. The normalized spacial score (nSPS) is 13.9. The number of aryl methyl sites for hydroxylation is 1. The monoisotopic (exact) mass is 504 g/mol. The van der Waals surface area contributed by atoms with Crippen LogP contribution < -0.4 is 10.2 Å². The first kappa shape index (κ1) is 25.2. The first-order chi connectivity index (χ1) is 17.0. The van der Waals surface area contributed by atoms with Gasteiger partial charge >= 0.3 is 12.1 Å². The minimum atomic E-state index is -4.45. The first-order valence-electron chi connectivity index (χ1n) is 11.2. The molecule has 7 nitrogen and oxygen atoms in total. The fourth-order valence-corrected chi connectivity index (χ4v) is 4.32. The molecule has 0 bridgehead atoms. The second-order valence-corrected chi connectivity index (χ2v) is 8.55. The maximum absolute atomic E-state index is 14.6. The summed E-state index contributed by atoms with van der Waals surface area (Å²) >= 11 is 0. The highest BCUT2D eigenvalue weighted by Gasteiger charge is 2.33. The van der Waals surface area contributed by atoms with Crippen LogP contribution in [0.5, 0.6) is 0 Å². The van der Waals surface area contributed by atoms with Crippen molar-refractivity contribution in [2.45, 2.75) is 39.2 Å². The van der Waals surface area contributed by atoms with Gasteiger partial charge in [0, 0.05) is 18.7 Å². The Morgan fingerprint density at radius 1 is 1.17 bits per heavy atom. The summed E-state index contributed by atoms with van der Waals surface area (Å²) in [5.74, 6) is -1.34. The van der Waals surface area contributed by atoms with Crippen LogP contribution >= 0.6 is 0 Å². The van der Waals surface area contributed by atoms with Gasteiger partial charge in [0.05, 0.1) is 36.5 Å². The van der Waals surface area contributed by atoms with Gasteiger partial charge in [-0.15, -0.1) is 0 Å². The highest BCUT2D eigenvalue weighted by Crippen LogP contribution is 2.33. The third-order valence-electron chi connectivity index (χ3n) is 6.07. The summed E-state index contributed by atoms with van der Waals surface area (Å²) in [6.45, 7) is 4.38. The number of esters is 1. The molecule has 1 aliphatic heterocycles. The topological polar surface area (TPSA) is 76.5 Å². The number of ether oxygens (including phenoxy) is 1. The van der Waals surface area contributed by atoms with Crippen molar-refractivity contribution in [1.29, 1.82) is 0 Å². The van der Waals surface area contributed by atoms with E-state index >= 15 is 0 Å². The van der Waals surface area contributed by atoms with Gasteiger partial charge in [-0.2, -0.15) is 18.3 Å². The summed E-state index contributed by atoms with van der Waals surface area (Å²) in [6.07, 6.45) is -4.45. The second-order valence-electron chi connectivity index (χ2n) is 8.55. The molecule has 0 saturated heterocycles. The number of aromatic nitrogens is 2. The Morgan fingerprint density at radius 3 is 2.58 bits per heavy atom. The van der Waals surface area contributed by atoms with E-state index in [1.807, 2.05) is 0 Å². The maximum Gasteiger partial charge on any atom is 0.416 e. The van der Waals surface area contributed by atoms with Gasteiger partial charge in [0.2, 0.25) is 0 Å². The molecule has 1 N–H and O–H groups in total. The molecule has 1 aliphatic rings. The molecule has 0 radical (unpaired) electrons. The molecule has 36 heavy (non-hydrogen) atoms. The number of halogens is 4. The van der Waals surface area contributed by atoms with E-state index in [1.165, 1.54) is 25.3 Å². The van der Waals surface area contributed by atoms with Crippen molar-refractivity contribution in [3.05, 3.63) is 81.8 Å². The van der Waals surface area contributed by atoms with Crippen LogP contribution in [0.4, 0.5) is 23.4 Å². The zero-order valence-corrected chi connectivity index (χ0v) is 19.8. The van der Waals surface area contributed by atoms with E-state index in [-0.39, 0.29) is 23.2 Å². The summed E-state index contributed by atoms with van der Waals surface area (Å²) in [5, 5.41) is 7.17. The van der Waals surface area contributed by atoms with Crippen molar-refractivity contribution in [3.8, 4) is 0 Å². The van der Waals surface area contributed by atoms with Crippen LogP contribution in [0.25, 0.3) is 0 Å². The quantitative estimate of drug-likeness (QED) is 0.391. The van der Waals surface area contributed by atoms with E-state index in [4.69, 9.17) is 0 Å². The van der Waals surface area contributed by atoms with Crippen molar-refractivity contribution >= 4 is 17.7 Å². The minimum Gasteiger partial charge on any atom is -0.465 e. The Kier molecular flexibility index (Phi) is 6.75. The number of carbonyl (C=O) groups is 2. The fraction of sp³-hybridized carbons (Fsp3) is 0.320. The molecule has 0 aliphatic carbocycles. The molecule has 0 fully saturated rings. The van der Waals surface area contributed by atoms with Gasteiger partial charge in [0.1, 0.15) is 17.2 Å². The Bertz CT molecular complexity index is 1320. The number of anilines is 1. The summed E-state index contributed by atoms with van der Waals surface area (Å²) < 4.78 is 60.3. The largest absolute Gasteiger partial charge is 0.465 e. The lowest BCUT2D eigenvalue weighted by Gasteiger charge is -2.21. The lowest BCUT2D eigenvalue weighted by Crippen LogP contribution is -2.30.